The summed E-state index contributed by atoms with van der Waals surface area (Å²) in [6, 6.07) is 3.49. The zero-order valence-electron chi connectivity index (χ0n) is 18.3. The van der Waals surface area contributed by atoms with Crippen molar-refractivity contribution in [2.75, 3.05) is 19.4 Å². The van der Waals surface area contributed by atoms with Crippen molar-refractivity contribution in [3.05, 3.63) is 65.4 Å². The third-order valence-corrected chi connectivity index (χ3v) is 4.70. The highest BCUT2D eigenvalue weighted by atomic mass is 19.4. The van der Waals surface area contributed by atoms with Gasteiger partial charge in [-0.25, -0.2) is 4.39 Å². The van der Waals surface area contributed by atoms with Crippen LogP contribution in [0.25, 0.3) is 0 Å². The van der Waals surface area contributed by atoms with Gasteiger partial charge in [0, 0.05) is 11.7 Å². The van der Waals surface area contributed by atoms with E-state index in [4.69, 9.17) is 0 Å². The zero-order chi connectivity index (χ0) is 22.7. The first-order chi connectivity index (χ1) is 13.1. The molecule has 162 valence electrons. The van der Waals surface area contributed by atoms with E-state index in [0.717, 1.165) is 6.07 Å². The highest BCUT2D eigenvalue weighted by molar-refractivity contribution is 5.62. The van der Waals surface area contributed by atoms with Crippen LogP contribution in [0.5, 0.6) is 0 Å². The molecule has 1 rings (SSSR count). The SMILES string of the molecule is C=C(C)/C(=C\C(C(C)C)N(C)C)C(=C)Nc1ccc(C(C)(C)F)cc1C(F)(F)F. The molecule has 0 saturated carbocycles. The Hall–Kier alpha value is -2.08. The van der Waals surface area contributed by atoms with Gasteiger partial charge in [-0.05, 0) is 69.6 Å². The maximum absolute atomic E-state index is 14.2. The summed E-state index contributed by atoms with van der Waals surface area (Å²) in [4.78, 5) is 2.03. The zero-order valence-corrected chi connectivity index (χ0v) is 18.3. The number of allylic oxidation sites excluding steroid dienone is 1. The molecule has 0 aromatic heterocycles. The summed E-state index contributed by atoms with van der Waals surface area (Å²) < 4.78 is 55.0. The van der Waals surface area contributed by atoms with E-state index >= 15 is 0 Å². The van der Waals surface area contributed by atoms with Gasteiger partial charge in [-0.15, -0.1) is 0 Å². The van der Waals surface area contributed by atoms with Crippen LogP contribution >= 0.6 is 0 Å². The number of nitrogens with zero attached hydrogens (tertiary/aromatic N) is 1. The highest BCUT2D eigenvalue weighted by Gasteiger charge is 2.35. The molecule has 6 heteroatoms. The number of halogens is 4. The van der Waals surface area contributed by atoms with Crippen molar-refractivity contribution >= 4 is 5.69 Å². The van der Waals surface area contributed by atoms with Crippen LogP contribution in [0.1, 0.15) is 45.7 Å². The number of rotatable bonds is 8. The molecule has 0 spiro atoms. The Morgan fingerprint density at radius 3 is 2.03 bits per heavy atom. The van der Waals surface area contributed by atoms with Crippen molar-refractivity contribution < 1.29 is 17.6 Å². The van der Waals surface area contributed by atoms with Gasteiger partial charge in [0.05, 0.1) is 11.3 Å². The number of likely N-dealkylation sites (N-methyl/N-ethyl adjacent to an activating group) is 1. The van der Waals surface area contributed by atoms with Gasteiger partial charge in [0.2, 0.25) is 0 Å². The van der Waals surface area contributed by atoms with Gasteiger partial charge in [-0.3, -0.25) is 0 Å². The van der Waals surface area contributed by atoms with E-state index in [0.29, 0.717) is 16.8 Å². The van der Waals surface area contributed by atoms with Crippen LogP contribution in [0.4, 0.5) is 23.2 Å². The van der Waals surface area contributed by atoms with Crippen molar-refractivity contribution in [2.24, 2.45) is 5.92 Å². The number of hydrogen-bond acceptors (Lipinski definition) is 2. The largest absolute Gasteiger partial charge is 0.418 e. The summed E-state index contributed by atoms with van der Waals surface area (Å²) in [7, 11) is 3.87. The normalized spacial score (nSPS) is 14.3. The van der Waals surface area contributed by atoms with E-state index in [1.54, 1.807) is 6.92 Å². The minimum absolute atomic E-state index is 0.0378. The van der Waals surface area contributed by atoms with Crippen LogP contribution in [0.15, 0.2) is 54.3 Å². The van der Waals surface area contributed by atoms with Crippen molar-refractivity contribution in [3.63, 3.8) is 0 Å². The van der Waals surface area contributed by atoms with E-state index in [2.05, 4.69) is 32.3 Å². The minimum Gasteiger partial charge on any atom is -0.355 e. The number of alkyl halides is 4. The summed E-state index contributed by atoms with van der Waals surface area (Å²) in [5.74, 6) is 0.281. The average molecular weight is 413 g/mol. The third-order valence-electron chi connectivity index (χ3n) is 4.70. The quantitative estimate of drug-likeness (QED) is 0.368. The first-order valence-corrected chi connectivity index (χ1v) is 9.46. The molecule has 1 aromatic carbocycles. The molecule has 29 heavy (non-hydrogen) atoms. The lowest BCUT2D eigenvalue weighted by atomic mass is 9.95. The van der Waals surface area contributed by atoms with Crippen molar-refractivity contribution in [3.8, 4) is 0 Å². The predicted molar refractivity (Wildman–Crippen MR) is 114 cm³/mol. The van der Waals surface area contributed by atoms with Crippen LogP contribution < -0.4 is 5.32 Å². The lowest BCUT2D eigenvalue weighted by Crippen LogP contribution is -2.31. The van der Waals surface area contributed by atoms with Crippen LogP contribution in [-0.2, 0) is 11.8 Å². The maximum Gasteiger partial charge on any atom is 0.418 e. The van der Waals surface area contributed by atoms with Crippen LogP contribution in [-0.4, -0.2) is 25.0 Å². The molecule has 0 radical (unpaired) electrons. The molecule has 0 amide bonds. The van der Waals surface area contributed by atoms with E-state index in [-0.39, 0.29) is 23.2 Å². The van der Waals surface area contributed by atoms with Gasteiger partial charge in [-0.1, -0.05) is 39.1 Å². The molecule has 0 heterocycles. The first-order valence-electron chi connectivity index (χ1n) is 9.46. The lowest BCUT2D eigenvalue weighted by Gasteiger charge is -2.27. The summed E-state index contributed by atoms with van der Waals surface area (Å²) in [6.07, 6.45) is -2.68. The molecular weight excluding hydrogens is 380 g/mol. The first kappa shape index (κ1) is 25.0. The molecule has 2 nitrogen and oxygen atoms in total. The highest BCUT2D eigenvalue weighted by Crippen LogP contribution is 2.39. The summed E-state index contributed by atoms with van der Waals surface area (Å²) in [5.41, 5.74) is -1.38. The number of hydrogen-bond donors (Lipinski definition) is 1. The van der Waals surface area contributed by atoms with E-state index < -0.39 is 17.4 Å². The van der Waals surface area contributed by atoms with Gasteiger partial charge < -0.3 is 10.2 Å². The second-order valence-electron chi connectivity index (χ2n) is 8.39. The fourth-order valence-electron chi connectivity index (χ4n) is 3.10. The van der Waals surface area contributed by atoms with E-state index in [9.17, 15) is 17.6 Å². The fraction of sp³-hybridized carbons (Fsp3) is 0.478. The average Bonchev–Trinajstić information content (AvgIpc) is 2.52. The number of nitrogens with one attached hydrogen (secondary N) is 1. The molecule has 1 N–H and O–H groups in total. The molecule has 1 atom stereocenters. The molecule has 0 aliphatic carbocycles. The van der Waals surface area contributed by atoms with Gasteiger partial charge in [-0.2, -0.15) is 13.2 Å². The Morgan fingerprint density at radius 2 is 1.66 bits per heavy atom. The Labute approximate surface area is 172 Å². The summed E-state index contributed by atoms with van der Waals surface area (Å²) in [6.45, 7) is 16.2. The van der Waals surface area contributed by atoms with Crippen LogP contribution in [0.3, 0.4) is 0 Å². The van der Waals surface area contributed by atoms with Crippen LogP contribution in [0, 0.1) is 5.92 Å². The predicted octanol–water partition coefficient (Wildman–Crippen LogP) is 6.92. The molecule has 0 fully saturated rings. The van der Waals surface area contributed by atoms with Crippen molar-refractivity contribution in [2.45, 2.75) is 52.5 Å². The molecule has 1 aromatic rings. The van der Waals surface area contributed by atoms with E-state index in [1.807, 2.05) is 25.1 Å². The lowest BCUT2D eigenvalue weighted by molar-refractivity contribution is -0.137. The molecule has 0 bridgehead atoms. The second-order valence-corrected chi connectivity index (χ2v) is 8.39. The summed E-state index contributed by atoms with van der Waals surface area (Å²) >= 11 is 0. The Morgan fingerprint density at radius 1 is 1.10 bits per heavy atom. The molecular formula is C23H32F4N2. The van der Waals surface area contributed by atoms with E-state index in [1.165, 1.54) is 26.0 Å². The van der Waals surface area contributed by atoms with Gasteiger partial charge in [0.15, 0.2) is 0 Å². The summed E-state index contributed by atoms with van der Waals surface area (Å²) in [5, 5.41) is 2.78. The molecule has 1 unspecified atom stereocenters. The Balaban J connectivity index is 3.39. The monoisotopic (exact) mass is 412 g/mol. The topological polar surface area (TPSA) is 15.3 Å². The number of benzene rings is 1. The molecule has 0 aliphatic heterocycles. The standard InChI is InChI=1S/C23H32F4N2/c1-14(2)18(13-21(15(3)4)29(8)9)16(5)28-20-11-10-17(22(6,7)24)12-19(20)23(25,26)27/h10-13,15,21,28H,1,5H2,2-4,6-9H3/b18-13+. The smallest absolute Gasteiger partial charge is 0.355 e. The fourth-order valence-corrected chi connectivity index (χ4v) is 3.10. The second kappa shape index (κ2) is 9.16. The van der Waals surface area contributed by atoms with Crippen LogP contribution in [0.2, 0.25) is 0 Å². The minimum atomic E-state index is -4.64. The Bertz CT molecular complexity index is 773. The van der Waals surface area contributed by atoms with Gasteiger partial charge in [0.25, 0.3) is 0 Å². The maximum atomic E-state index is 14.2. The molecule has 0 saturated heterocycles. The van der Waals surface area contributed by atoms with Crippen molar-refractivity contribution in [1.29, 1.82) is 0 Å². The Kier molecular flexibility index (Phi) is 7.88. The number of anilines is 1. The van der Waals surface area contributed by atoms with Crippen molar-refractivity contribution in [1.82, 2.24) is 4.90 Å². The van der Waals surface area contributed by atoms with Gasteiger partial charge >= 0.3 is 6.18 Å². The van der Waals surface area contributed by atoms with Gasteiger partial charge in [0.1, 0.15) is 5.67 Å². The third kappa shape index (κ3) is 6.74. The molecule has 0 aliphatic rings.